The van der Waals surface area contributed by atoms with Gasteiger partial charge < -0.3 is 68.5 Å². The van der Waals surface area contributed by atoms with E-state index in [9.17, 15) is 39.6 Å². The monoisotopic (exact) mass is 2060 g/mol. The Morgan fingerprint density at radius 2 is 0.702 bits per heavy atom. The van der Waals surface area contributed by atoms with E-state index in [0.29, 0.717) is 83.5 Å². The average molecular weight is 2060 g/mol. The molecular weight excluding hydrogens is 1920 g/mol. The minimum atomic E-state index is -1.69. The van der Waals surface area contributed by atoms with Crippen LogP contribution < -0.4 is 14.2 Å². The summed E-state index contributed by atoms with van der Waals surface area (Å²) < 4.78 is 48.8. The van der Waals surface area contributed by atoms with Crippen LogP contribution in [-0.4, -0.2) is 155 Å². The largest absolute Gasteiger partial charge is 0.490 e. The van der Waals surface area contributed by atoms with Crippen LogP contribution >= 0.6 is 63.0 Å². The molecule has 16 rings (SSSR count). The van der Waals surface area contributed by atoms with E-state index in [4.69, 9.17) is 48.1 Å². The van der Waals surface area contributed by atoms with E-state index in [0.717, 1.165) is 227 Å². The van der Waals surface area contributed by atoms with Crippen molar-refractivity contribution in [1.29, 1.82) is 0 Å². The summed E-state index contributed by atoms with van der Waals surface area (Å²) in [5.74, 6) is 5.17. The van der Waals surface area contributed by atoms with Gasteiger partial charge in [0, 0.05) is 128 Å². The van der Waals surface area contributed by atoms with Crippen LogP contribution in [0.15, 0.2) is 221 Å². The van der Waals surface area contributed by atoms with E-state index in [2.05, 4.69) is 192 Å². The van der Waals surface area contributed by atoms with Gasteiger partial charge in [0.25, 0.3) is 0 Å². The van der Waals surface area contributed by atoms with Crippen LogP contribution in [0.5, 0.6) is 17.2 Å². The van der Waals surface area contributed by atoms with Gasteiger partial charge in [-0.1, -0.05) is 130 Å². The zero-order valence-electron chi connectivity index (χ0n) is 81.7. The number of para-hydroxylation sites is 3. The van der Waals surface area contributed by atoms with Crippen molar-refractivity contribution in [3.63, 3.8) is 0 Å². The number of ketones is 1. The van der Waals surface area contributed by atoms with Gasteiger partial charge in [-0.2, -0.15) is 0 Å². The highest BCUT2D eigenvalue weighted by atomic mass is 79.9. The number of hydrogen-bond acceptors (Lipinski definition) is 24. The van der Waals surface area contributed by atoms with Gasteiger partial charge in [-0.05, 0) is 318 Å². The summed E-state index contributed by atoms with van der Waals surface area (Å²) in [4.78, 5) is 64.2. The van der Waals surface area contributed by atoms with Crippen molar-refractivity contribution in [2.24, 2.45) is 0 Å². The summed E-state index contributed by atoms with van der Waals surface area (Å²) in [5.41, 5.74) is 19.2. The Hall–Kier alpha value is -8.97. The Morgan fingerprint density at radius 3 is 1.01 bits per heavy atom. The van der Waals surface area contributed by atoms with Gasteiger partial charge in [0.15, 0.2) is 0 Å². The molecule has 4 atom stereocenters. The lowest BCUT2D eigenvalue weighted by Gasteiger charge is -2.25. The quantitative estimate of drug-likeness (QED) is 0.00893. The maximum absolute atomic E-state index is 12.4. The molecule has 3 aromatic heterocycles. The number of thioether (sulfide) groups is 4. The standard InChI is InChI=1S/C37H47NO8S.C32H37NO4S.C30H33NO4S.C15H21BrO2S.CH4/c1-2-24-9-13-28(47-19-5-6-26(40)10-14-32(41)35(43)36(44)33(42)22-39)20-25(24)23-45-37(16-17-37)31-21-38-18-15-29(31)30-7-3-4-8-34(30)46-27-11-12-27;1-3-23-11-14-26(38-19-7-10-31(34)35-4-2)20-24(23)22-36-32(16-17-32)29-21-33-18-15-27(29)28-8-5-6-9-30(28)37-25-12-13-25;1-2-21-9-12-24(36-17-5-8-29(32)33)18-22(21)20-34-30(14-15-30)27-19-31-16-13-25(27)26-6-3-4-7-28(26)35-23-10-11-23;1-3-12-7-8-14(10-13(12)11-16)19-9-5-6-15(17)18-4-2;/h3-4,7-9,13,15,18,20-21,27,32-33,35-36,39,41-44H,2,5-6,10-12,14,16-17,19,22-23H2,1H3;5-6,8-9,11,14-15,18,20-21,25H,3-4,7,10,12-13,16-17,19,22H2,1-2H3;3-4,6-7,9,12-13,16,18-19,23H,2,5,8,10-11,14-15,17,20H2,1H3,(H,32,33);7-8,10H,3-6,9,11H2,1-2H3;1H4/t32-,33+,35+,36+;;;;/m0..../s1. The molecule has 141 heavy (non-hydrogen) atoms. The van der Waals surface area contributed by atoms with E-state index in [-0.39, 0.29) is 61.2 Å². The zero-order chi connectivity index (χ0) is 98.8. The van der Waals surface area contributed by atoms with Crippen LogP contribution in [0.4, 0.5) is 0 Å². The summed E-state index contributed by atoms with van der Waals surface area (Å²) in [6.45, 7) is 14.1. The lowest BCUT2D eigenvalue weighted by Crippen LogP contribution is -2.45. The minimum Gasteiger partial charge on any atom is -0.490 e. The number of aliphatic hydroxyl groups is 5. The first kappa shape index (κ1) is 111. The summed E-state index contributed by atoms with van der Waals surface area (Å²) >= 11 is 10.5. The molecule has 10 aromatic rings. The number of esters is 2. The normalized spacial score (nSPS) is 15.7. The average Bonchev–Trinajstić information content (AvgIpc) is 1.60. The number of aliphatic hydroxyl groups excluding tert-OH is 5. The van der Waals surface area contributed by atoms with Gasteiger partial charge in [0.2, 0.25) is 0 Å². The minimum absolute atomic E-state index is 0. The van der Waals surface area contributed by atoms with Crippen LogP contribution in [0.1, 0.15) is 251 Å². The Bertz CT molecular complexity index is 5670. The number of nitrogens with zero attached hydrogens (tertiary/aromatic N) is 3. The Labute approximate surface area is 858 Å². The van der Waals surface area contributed by atoms with Crippen molar-refractivity contribution < 1.29 is 87.7 Å². The molecular formula is C115H142BrN3O18S4. The molecule has 6 aliphatic carbocycles. The molecule has 0 radical (unpaired) electrons. The van der Waals surface area contributed by atoms with Crippen LogP contribution in [0, 0.1) is 0 Å². The highest BCUT2D eigenvalue weighted by molar-refractivity contribution is 9.08. The molecule has 3 heterocycles. The van der Waals surface area contributed by atoms with Crippen molar-refractivity contribution in [2.75, 3.05) is 42.8 Å². The number of benzene rings is 7. The van der Waals surface area contributed by atoms with Crippen molar-refractivity contribution in [2.45, 2.75) is 320 Å². The van der Waals surface area contributed by atoms with Crippen LogP contribution in [-0.2, 0) is 110 Å². The molecule has 26 heteroatoms. The number of hydrogen-bond donors (Lipinski definition) is 6. The Balaban J connectivity index is 0.000000174. The molecule has 6 aliphatic rings. The molecule has 756 valence electrons. The first-order chi connectivity index (χ1) is 68.1. The molecule has 6 saturated carbocycles. The number of pyridine rings is 3. The van der Waals surface area contributed by atoms with Crippen molar-refractivity contribution in [3.8, 4) is 50.6 Å². The third-order valence-electron chi connectivity index (χ3n) is 25.8. The fraction of sp³-hybridized carbons (Fsp3) is 0.470. The lowest BCUT2D eigenvalue weighted by molar-refractivity contribution is -0.144. The summed E-state index contributed by atoms with van der Waals surface area (Å²) in [7, 11) is 0. The number of halogens is 1. The number of aliphatic carboxylic acids is 1. The second kappa shape index (κ2) is 55.9. The molecule has 0 amide bonds. The third-order valence-corrected chi connectivity index (χ3v) is 30.8. The van der Waals surface area contributed by atoms with Crippen LogP contribution in [0.2, 0.25) is 0 Å². The third kappa shape index (κ3) is 33.3. The maximum Gasteiger partial charge on any atom is 0.305 e. The van der Waals surface area contributed by atoms with Gasteiger partial charge in [0.05, 0.1) is 80.9 Å². The highest BCUT2D eigenvalue weighted by Gasteiger charge is 2.51. The number of Topliss-reactive ketones (excluding diaryl/α,β-unsaturated/α-hetero) is 1. The van der Waals surface area contributed by atoms with E-state index in [1.807, 2.05) is 81.4 Å². The van der Waals surface area contributed by atoms with Gasteiger partial charge in [-0.3, -0.25) is 34.1 Å². The number of aryl methyl sites for hydroxylation is 4. The van der Waals surface area contributed by atoms with Crippen LogP contribution in [0.25, 0.3) is 33.4 Å². The van der Waals surface area contributed by atoms with Gasteiger partial charge in [0.1, 0.15) is 41.3 Å². The molecule has 6 fully saturated rings. The molecule has 0 spiro atoms. The number of carboxylic acids is 1. The molecule has 0 saturated heterocycles. The Morgan fingerprint density at radius 1 is 0.390 bits per heavy atom. The van der Waals surface area contributed by atoms with Crippen molar-refractivity contribution in [1.82, 2.24) is 15.0 Å². The Kier molecular flexibility index (Phi) is 44.0. The molecule has 7 aromatic carbocycles. The van der Waals surface area contributed by atoms with Gasteiger partial charge in [-0.25, -0.2) is 0 Å². The van der Waals surface area contributed by atoms with E-state index in [1.165, 1.54) is 48.7 Å². The fourth-order valence-electron chi connectivity index (χ4n) is 16.9. The van der Waals surface area contributed by atoms with E-state index in [1.54, 1.807) is 47.0 Å². The number of rotatable bonds is 55. The topological polar surface area (TPSA) is 302 Å². The summed E-state index contributed by atoms with van der Waals surface area (Å²) in [5, 5.41) is 57.9. The van der Waals surface area contributed by atoms with Gasteiger partial charge >= 0.3 is 17.9 Å². The first-order valence-electron chi connectivity index (χ1n) is 50.1. The number of ether oxygens (including phenoxy) is 8. The smallest absolute Gasteiger partial charge is 0.305 e. The molecule has 0 bridgehead atoms. The molecule has 6 N–H and O–H groups in total. The molecule has 21 nitrogen and oxygen atoms in total. The lowest BCUT2D eigenvalue weighted by atomic mass is 9.96. The van der Waals surface area contributed by atoms with Gasteiger partial charge in [-0.15, -0.1) is 47.0 Å². The molecule has 0 aliphatic heterocycles. The summed E-state index contributed by atoms with van der Waals surface area (Å²) in [6.07, 6.45) is 27.1. The molecule has 0 unspecified atom stereocenters. The number of carbonyl (C=O) groups is 4. The maximum atomic E-state index is 12.4. The predicted molar refractivity (Wildman–Crippen MR) is 566 cm³/mol. The first-order valence-corrected chi connectivity index (χ1v) is 55.2. The number of carbonyl (C=O) groups excluding carboxylic acids is 3. The summed E-state index contributed by atoms with van der Waals surface area (Å²) in [6, 6.07) is 57.3. The van der Waals surface area contributed by atoms with E-state index < -0.39 is 37.0 Å². The highest BCUT2D eigenvalue weighted by Crippen LogP contribution is 2.57. The fourth-order valence-corrected chi connectivity index (χ4v) is 21.1. The van der Waals surface area contributed by atoms with Crippen molar-refractivity contribution in [3.05, 3.63) is 262 Å². The number of carboxylic acid groups (broad SMARTS) is 1. The second-order valence-corrected chi connectivity index (χ2v) is 41.7. The van der Waals surface area contributed by atoms with Crippen LogP contribution in [0.3, 0.4) is 0 Å². The zero-order valence-corrected chi connectivity index (χ0v) is 86.5. The predicted octanol–water partition coefficient (Wildman–Crippen LogP) is 24.4. The number of aromatic nitrogens is 3. The van der Waals surface area contributed by atoms with Crippen molar-refractivity contribution >= 4 is 86.7 Å². The van der Waals surface area contributed by atoms with E-state index >= 15 is 0 Å². The second-order valence-electron chi connectivity index (χ2n) is 36.5. The SMILES string of the molecule is C.CCOC(=O)CCCSc1ccc(CC)c(CBr)c1.CCOC(=O)CCCSc1ccc(CC)c(COC2(c3cnccc3-c3ccccc3OC3CC3)CC2)c1.CCc1ccc(SCCCC(=O)CC[C@H](O)[C@@H](O)[C@H](O)[C@H](O)CO)cc1COC1(c2cnccc2-c2ccccc2OC2CC2)CC1.CCc1ccc(SCCCC(=O)O)cc1COC1(c2cnccc2-c2ccccc2OC2CC2)CC1. The number of alkyl halides is 1.